The summed E-state index contributed by atoms with van der Waals surface area (Å²) in [5, 5.41) is 11.4. The number of carbonyl (C=O) groups is 1. The van der Waals surface area contributed by atoms with E-state index in [1.54, 1.807) is 30.3 Å². The number of carbonyl (C=O) groups excluding carboxylic acids is 1. The van der Waals surface area contributed by atoms with Crippen molar-refractivity contribution < 1.29 is 22.7 Å². The van der Waals surface area contributed by atoms with Crippen LogP contribution in [0.15, 0.2) is 48.6 Å². The molecule has 0 radical (unpaired) electrons. The molecule has 116 valence electrons. The molecule has 0 saturated heterocycles. The summed E-state index contributed by atoms with van der Waals surface area (Å²) in [5.41, 5.74) is -0.881. The first-order valence-electron chi connectivity index (χ1n) is 6.30. The van der Waals surface area contributed by atoms with E-state index >= 15 is 0 Å². The van der Waals surface area contributed by atoms with Gasteiger partial charge in [-0.1, -0.05) is 42.5 Å². The van der Waals surface area contributed by atoms with Crippen LogP contribution in [0.5, 0.6) is 0 Å². The molecular formula is C14H13NO6S. The van der Waals surface area contributed by atoms with Crippen LogP contribution in [0.25, 0.3) is 5.57 Å². The first-order chi connectivity index (χ1) is 10.3. The van der Waals surface area contributed by atoms with Gasteiger partial charge in [0.2, 0.25) is 0 Å². The minimum absolute atomic E-state index is 0.320. The SMILES string of the molecule is O=CC1C=C(c2ccccc2)C=CC1(CS(=O)(=O)O)[N+](=O)[O-]. The van der Waals surface area contributed by atoms with Crippen LogP contribution < -0.4 is 0 Å². The van der Waals surface area contributed by atoms with Crippen LogP contribution in [0.1, 0.15) is 5.56 Å². The Morgan fingerprint density at radius 2 is 1.95 bits per heavy atom. The highest BCUT2D eigenvalue weighted by Crippen LogP contribution is 2.33. The zero-order valence-electron chi connectivity index (χ0n) is 11.3. The van der Waals surface area contributed by atoms with Gasteiger partial charge in [-0.3, -0.25) is 14.7 Å². The normalized spacial score (nSPS) is 24.6. The minimum atomic E-state index is -4.63. The molecule has 2 rings (SSSR count). The molecule has 7 nitrogen and oxygen atoms in total. The largest absolute Gasteiger partial charge is 0.302 e. The van der Waals surface area contributed by atoms with Crippen LogP contribution in [0, 0.1) is 16.0 Å². The molecule has 2 atom stereocenters. The Bertz CT molecular complexity index is 753. The van der Waals surface area contributed by atoms with E-state index < -0.39 is 32.3 Å². The van der Waals surface area contributed by atoms with Crippen LogP contribution in [0.4, 0.5) is 0 Å². The number of nitro groups is 1. The number of rotatable bonds is 5. The van der Waals surface area contributed by atoms with Gasteiger partial charge in [-0.2, -0.15) is 8.42 Å². The second-order valence-corrected chi connectivity index (χ2v) is 6.41. The van der Waals surface area contributed by atoms with Crippen molar-refractivity contribution in [3.63, 3.8) is 0 Å². The van der Waals surface area contributed by atoms with Gasteiger partial charge in [-0.25, -0.2) is 0 Å². The summed E-state index contributed by atoms with van der Waals surface area (Å²) >= 11 is 0. The standard InChI is InChI=1S/C14H13NO6S/c16-9-13-8-12(11-4-2-1-3-5-11)6-7-14(13,15(17)18)10-22(19,20)21/h1-9,13H,10H2,(H,19,20,21). The van der Waals surface area contributed by atoms with E-state index in [2.05, 4.69) is 0 Å². The summed E-state index contributed by atoms with van der Waals surface area (Å²) < 4.78 is 31.2. The fourth-order valence-corrected chi connectivity index (χ4v) is 3.37. The van der Waals surface area contributed by atoms with Gasteiger partial charge in [0.15, 0.2) is 5.75 Å². The molecule has 0 fully saturated rings. The Morgan fingerprint density at radius 3 is 2.45 bits per heavy atom. The average Bonchev–Trinajstić information content (AvgIpc) is 2.46. The fourth-order valence-electron chi connectivity index (χ4n) is 2.39. The first kappa shape index (κ1) is 16.1. The molecule has 0 aromatic heterocycles. The number of benzene rings is 1. The summed E-state index contributed by atoms with van der Waals surface area (Å²) in [4.78, 5) is 21.8. The Labute approximate surface area is 126 Å². The first-order valence-corrected chi connectivity index (χ1v) is 7.91. The van der Waals surface area contributed by atoms with Crippen LogP contribution in [0.3, 0.4) is 0 Å². The maximum Gasteiger partial charge on any atom is 0.272 e. The Morgan fingerprint density at radius 1 is 1.32 bits per heavy atom. The van der Waals surface area contributed by atoms with Gasteiger partial charge in [0.1, 0.15) is 12.2 Å². The molecule has 0 bridgehead atoms. The summed E-state index contributed by atoms with van der Waals surface area (Å²) in [6.45, 7) is 0. The Kier molecular flexibility index (Phi) is 4.25. The van der Waals surface area contributed by atoms with E-state index in [1.807, 2.05) is 0 Å². The van der Waals surface area contributed by atoms with Crippen molar-refractivity contribution in [2.45, 2.75) is 5.54 Å². The highest BCUT2D eigenvalue weighted by atomic mass is 32.2. The van der Waals surface area contributed by atoms with Gasteiger partial charge in [0.05, 0.1) is 0 Å². The zero-order valence-corrected chi connectivity index (χ0v) is 12.1. The maximum absolute atomic E-state index is 11.4. The average molecular weight is 323 g/mol. The molecular weight excluding hydrogens is 310 g/mol. The topological polar surface area (TPSA) is 115 Å². The third kappa shape index (κ3) is 3.12. The molecule has 1 aromatic carbocycles. The van der Waals surface area contributed by atoms with E-state index in [-0.39, 0.29) is 0 Å². The third-order valence-corrected chi connectivity index (χ3v) is 4.32. The second kappa shape index (κ2) is 5.82. The molecule has 8 heteroatoms. The predicted molar refractivity (Wildman–Crippen MR) is 79.3 cm³/mol. The molecule has 0 heterocycles. The van der Waals surface area contributed by atoms with Crippen LogP contribution >= 0.6 is 0 Å². The number of nitrogens with zero attached hydrogens (tertiary/aromatic N) is 1. The van der Waals surface area contributed by atoms with Crippen molar-refractivity contribution in [2.75, 3.05) is 5.75 Å². The monoisotopic (exact) mass is 323 g/mol. The smallest absolute Gasteiger partial charge is 0.272 e. The summed E-state index contributed by atoms with van der Waals surface area (Å²) in [6.07, 6.45) is 4.11. The lowest BCUT2D eigenvalue weighted by Crippen LogP contribution is -2.50. The van der Waals surface area contributed by atoms with E-state index in [0.29, 0.717) is 11.9 Å². The zero-order chi connectivity index (χ0) is 16.4. The molecule has 0 aliphatic heterocycles. The molecule has 1 aliphatic carbocycles. The molecule has 1 aromatic rings. The fraction of sp³-hybridized carbons (Fsp3) is 0.214. The molecule has 0 spiro atoms. The van der Waals surface area contributed by atoms with Crippen molar-refractivity contribution in [3.05, 3.63) is 64.2 Å². The van der Waals surface area contributed by atoms with Gasteiger partial charge in [0.25, 0.3) is 15.7 Å². The van der Waals surface area contributed by atoms with Crippen molar-refractivity contribution in [1.29, 1.82) is 0 Å². The number of allylic oxidation sites excluding steroid dienone is 2. The molecule has 2 unspecified atom stereocenters. The van der Waals surface area contributed by atoms with E-state index in [0.717, 1.165) is 11.6 Å². The Balaban J connectivity index is 2.49. The lowest BCUT2D eigenvalue weighted by molar-refractivity contribution is -0.553. The van der Waals surface area contributed by atoms with Crippen LogP contribution in [-0.4, -0.2) is 35.5 Å². The van der Waals surface area contributed by atoms with Gasteiger partial charge in [-0.15, -0.1) is 0 Å². The summed E-state index contributed by atoms with van der Waals surface area (Å²) in [7, 11) is -4.63. The minimum Gasteiger partial charge on any atom is -0.302 e. The van der Waals surface area contributed by atoms with Crippen molar-refractivity contribution >= 4 is 22.0 Å². The highest BCUT2D eigenvalue weighted by Gasteiger charge is 2.52. The van der Waals surface area contributed by atoms with Crippen LogP contribution in [-0.2, 0) is 14.9 Å². The quantitative estimate of drug-likeness (QED) is 0.379. The number of aldehydes is 1. The third-order valence-electron chi connectivity index (χ3n) is 3.50. The van der Waals surface area contributed by atoms with E-state index in [9.17, 15) is 23.3 Å². The van der Waals surface area contributed by atoms with Crippen LogP contribution in [0.2, 0.25) is 0 Å². The van der Waals surface area contributed by atoms with Gasteiger partial charge >= 0.3 is 0 Å². The summed E-state index contributed by atoms with van der Waals surface area (Å²) in [5.74, 6) is -2.46. The highest BCUT2D eigenvalue weighted by molar-refractivity contribution is 7.85. The molecule has 0 amide bonds. The van der Waals surface area contributed by atoms with Gasteiger partial charge in [0, 0.05) is 4.92 Å². The van der Waals surface area contributed by atoms with E-state index in [4.69, 9.17) is 4.55 Å². The Hall–Kier alpha value is -2.32. The molecule has 1 aliphatic rings. The predicted octanol–water partition coefficient (Wildman–Crippen LogP) is 1.36. The molecule has 1 N–H and O–H groups in total. The maximum atomic E-state index is 11.4. The second-order valence-electron chi connectivity index (χ2n) is 4.96. The summed E-state index contributed by atoms with van der Waals surface area (Å²) in [6, 6.07) is 8.87. The molecule has 22 heavy (non-hydrogen) atoms. The van der Waals surface area contributed by atoms with Gasteiger partial charge in [-0.05, 0) is 17.2 Å². The van der Waals surface area contributed by atoms with Crippen molar-refractivity contribution in [3.8, 4) is 0 Å². The van der Waals surface area contributed by atoms with Crippen molar-refractivity contribution in [1.82, 2.24) is 0 Å². The lowest BCUT2D eigenvalue weighted by Gasteiger charge is -2.27. The number of hydrogen-bond acceptors (Lipinski definition) is 5. The number of hydrogen-bond donors (Lipinski definition) is 1. The van der Waals surface area contributed by atoms with E-state index in [1.165, 1.54) is 12.2 Å². The lowest BCUT2D eigenvalue weighted by atomic mass is 9.80. The molecule has 0 saturated carbocycles. The van der Waals surface area contributed by atoms with Crippen molar-refractivity contribution in [2.24, 2.45) is 5.92 Å². The van der Waals surface area contributed by atoms with Gasteiger partial charge < -0.3 is 4.79 Å².